The van der Waals surface area contributed by atoms with Crippen molar-refractivity contribution in [2.45, 2.75) is 327 Å². The molecule has 0 aromatic rings. The minimum absolute atomic E-state index is 0.869. The molecule has 9 aliphatic heterocycles. The first-order valence-electron chi connectivity index (χ1n) is 38.5. The van der Waals surface area contributed by atoms with Gasteiger partial charge in [-0.3, -0.25) is 14.4 Å². The Kier molecular flexibility index (Phi) is 36.2. The maximum Gasteiger partial charge on any atom is 0.364 e. The number of aliphatic hydroxyl groups is 29. The van der Waals surface area contributed by atoms with Crippen molar-refractivity contribution in [1.29, 1.82) is 0 Å². The summed E-state index contributed by atoms with van der Waals surface area (Å²) in [6.45, 7) is -8.76. The third-order valence-electron chi connectivity index (χ3n) is 22.2. The monoisotopic (exact) mass is 1810 g/mol. The highest BCUT2D eigenvalue weighted by molar-refractivity contribution is 5.77. The largest absolute Gasteiger partial charge is 0.477 e. The van der Waals surface area contributed by atoms with Crippen molar-refractivity contribution in [3.63, 3.8) is 0 Å². The van der Waals surface area contributed by atoms with Gasteiger partial charge in [-0.2, -0.15) is 0 Å². The van der Waals surface area contributed by atoms with Gasteiger partial charge in [-0.1, -0.05) is 0 Å². The summed E-state index contributed by atoms with van der Waals surface area (Å²) in [5.41, 5.74) is 0. The Morgan fingerprint density at radius 2 is 0.724 bits per heavy atom. The summed E-state index contributed by atoms with van der Waals surface area (Å²) in [5, 5.41) is 351. The second-order valence-electron chi connectivity index (χ2n) is 30.8. The van der Waals surface area contributed by atoms with Gasteiger partial charge in [-0.25, -0.2) is 9.59 Å². The van der Waals surface area contributed by atoms with E-state index in [-0.39, 0.29) is 0 Å². The summed E-state index contributed by atoms with van der Waals surface area (Å²) in [7, 11) is 0. The van der Waals surface area contributed by atoms with Crippen LogP contribution in [0, 0.1) is 0 Å². The predicted molar refractivity (Wildman–Crippen MR) is 372 cm³/mol. The molecule has 9 rings (SSSR count). The highest BCUT2D eigenvalue weighted by Crippen LogP contribution is 2.44. The van der Waals surface area contributed by atoms with Gasteiger partial charge in [0, 0.05) is 33.6 Å². The average molecular weight is 1810 g/mol. The zero-order valence-corrected chi connectivity index (χ0v) is 65.2. The number of carboxylic acid groups (broad SMARTS) is 2. The van der Waals surface area contributed by atoms with Gasteiger partial charge in [0.05, 0.1) is 77.7 Å². The van der Waals surface area contributed by atoms with Crippen LogP contribution in [0.2, 0.25) is 0 Å². The number of carboxylic acids is 2. The Morgan fingerprint density at radius 3 is 1.24 bits per heavy atom. The zero-order valence-electron chi connectivity index (χ0n) is 65.2. The van der Waals surface area contributed by atoms with Crippen LogP contribution in [0.4, 0.5) is 0 Å². The van der Waals surface area contributed by atoms with E-state index in [0.29, 0.717) is 0 Å². The molecule has 3 amide bonds. The molecule has 9 aliphatic rings. The fourth-order valence-electron chi connectivity index (χ4n) is 15.7. The van der Waals surface area contributed by atoms with Crippen LogP contribution in [-0.4, -0.2) is 541 Å². The molecule has 0 aromatic carbocycles. The first kappa shape index (κ1) is 102. The molecule has 0 saturated carbocycles. The van der Waals surface area contributed by atoms with Crippen molar-refractivity contribution < 1.29 is 263 Å². The molecule has 0 aromatic heterocycles. The molecule has 0 radical (unpaired) electrons. The zero-order chi connectivity index (χ0) is 91.4. The summed E-state index contributed by atoms with van der Waals surface area (Å²) >= 11 is 0. The van der Waals surface area contributed by atoms with Crippen molar-refractivity contribution in [3.05, 3.63) is 0 Å². The summed E-state index contributed by atoms with van der Waals surface area (Å²) in [5.74, 6) is -13.8. The quantitative estimate of drug-likeness (QED) is 0.0280. The van der Waals surface area contributed by atoms with Crippen molar-refractivity contribution in [3.8, 4) is 0 Å². The third kappa shape index (κ3) is 22.1. The first-order valence-corrected chi connectivity index (χ1v) is 38.5. The predicted octanol–water partition coefficient (Wildman–Crippen LogP) is -22.4. The van der Waals surface area contributed by atoms with Gasteiger partial charge in [0.2, 0.25) is 17.7 Å². The summed E-state index contributed by atoms with van der Waals surface area (Å²) in [4.78, 5) is 63.1. The van der Waals surface area contributed by atoms with E-state index in [1.807, 2.05) is 0 Å². The molecule has 9 fully saturated rings. The number of aliphatic carboxylic acids is 2. The molecule has 9 saturated heterocycles. The number of hydrogen-bond acceptors (Lipinski definition) is 51. The van der Waals surface area contributed by atoms with Gasteiger partial charge >= 0.3 is 11.9 Å². The average Bonchev–Trinajstić information content (AvgIpc) is 0.750. The van der Waals surface area contributed by atoms with Crippen LogP contribution >= 0.6 is 0 Å². The fourth-order valence-corrected chi connectivity index (χ4v) is 15.7. The van der Waals surface area contributed by atoms with Gasteiger partial charge in [0.1, 0.15) is 220 Å². The lowest BCUT2D eigenvalue weighted by Gasteiger charge is -2.52. The Bertz CT molecular complexity index is 3380. The number of ether oxygens (including phenoxy) is 17. The van der Waals surface area contributed by atoms with E-state index in [9.17, 15) is 182 Å². The van der Waals surface area contributed by atoms with E-state index in [2.05, 4.69) is 16.0 Å². The number of carbonyl (C=O) groups is 5. The lowest BCUT2D eigenvalue weighted by Crippen LogP contribution is -2.71. The number of nitrogens with one attached hydrogen (secondary N) is 3. The Labute approximate surface area is 693 Å². The number of aliphatic hydroxyl groups excluding tert-OH is 28. The molecular formula is C67H111N3O53. The normalized spacial score (nSPS) is 46.9. The second-order valence-corrected chi connectivity index (χ2v) is 30.8. The summed E-state index contributed by atoms with van der Waals surface area (Å²) < 4.78 is 99.4. The molecule has 0 spiro atoms. The number of amides is 3. The summed E-state index contributed by atoms with van der Waals surface area (Å²) in [6, 6.07) is -5.71. The minimum Gasteiger partial charge on any atom is -0.477 e. The van der Waals surface area contributed by atoms with Crippen LogP contribution in [-0.2, 0) is 104 Å². The maximum atomic E-state index is 13.2. The van der Waals surface area contributed by atoms with Crippen LogP contribution in [0.15, 0.2) is 0 Å². The molecule has 123 heavy (non-hydrogen) atoms. The van der Waals surface area contributed by atoms with Crippen molar-refractivity contribution in [1.82, 2.24) is 16.0 Å². The fraction of sp³-hybridized carbons (Fsp3) is 0.925. The number of hydrogen-bond donors (Lipinski definition) is 34. The van der Waals surface area contributed by atoms with Crippen LogP contribution in [0.1, 0.15) is 33.6 Å². The lowest BCUT2D eigenvalue weighted by atomic mass is 9.88. The number of rotatable bonds is 35. The van der Waals surface area contributed by atoms with Crippen LogP contribution in [0.5, 0.6) is 0 Å². The molecule has 34 N–H and O–H groups in total. The van der Waals surface area contributed by atoms with E-state index in [1.165, 1.54) is 0 Å². The highest BCUT2D eigenvalue weighted by atomic mass is 16.8. The van der Waals surface area contributed by atoms with Gasteiger partial charge in [-0.05, 0) is 0 Å². The molecule has 56 heteroatoms. The molecular weight excluding hydrogens is 1690 g/mol. The molecule has 0 bridgehead atoms. The smallest absolute Gasteiger partial charge is 0.364 e. The Morgan fingerprint density at radius 1 is 0.333 bits per heavy atom. The molecule has 9 heterocycles. The molecule has 0 aliphatic carbocycles. The van der Waals surface area contributed by atoms with Crippen molar-refractivity contribution >= 4 is 29.7 Å². The van der Waals surface area contributed by atoms with Crippen LogP contribution < -0.4 is 16.0 Å². The molecule has 48 atom stereocenters. The van der Waals surface area contributed by atoms with Gasteiger partial charge in [0.15, 0.2) is 44.0 Å². The molecule has 56 nitrogen and oxygen atoms in total. The Balaban J connectivity index is 0.995. The third-order valence-corrected chi connectivity index (χ3v) is 22.2. The van der Waals surface area contributed by atoms with Gasteiger partial charge in [0.25, 0.3) is 11.6 Å². The standard InChI is InChI=1S/C67H111N3O53/c1-15(80)68-29-18(83)5-67(65(104)105,122-51(29)32(89)20(85)6-71)123-53-35(92)26(12-77)109-61(43(53)100)115-49-27(13-78)110-58(31(37(49)94)70-17(3)82)117-52-34(91)25(11-76)108-60(42(52)99)116-50-28(14-79)111-59(41(98)40(50)97)120-56-47(22(87)8-73)114-62(113-46-19(84)4-66(106,64(102)103)121-48(46)23(88)9-74)44(101)54(56)118-63-55(39(96)38(95)45(112-63)21(86)7-72)119-57-30(69-16(2)81)36(93)33(90)24(10-75)107-57/h18-63,71-79,83-101,106H,4-14H2,1-3H3,(H,68,80)(H,69,81)(H,70,82)(H,102,103)(H,104,105)/t18-,19+,20+,21-,22-,23+,24+,25+,26+,27+,28+,29+,30+,31+,32+,33+,34-,35-,36+,37+,38-,39-,40+,41+,42+,43+,44-,45+,46+,47+,48+,49+,50+,51+,52-,53-,54+,55-,56+,57+,58-,59-,60-,61-,62-,63+,66+,67-/m0/s1. The number of carbonyl (C=O) groups excluding carboxylic acids is 3. The topological polar surface area (TPSA) is 905 Å². The lowest BCUT2D eigenvalue weighted by molar-refractivity contribution is -0.415. The van der Waals surface area contributed by atoms with Gasteiger partial charge in [-0.15, -0.1) is 0 Å². The van der Waals surface area contributed by atoms with E-state index < -0.39 is 395 Å². The Hall–Kier alpha value is -4.49. The highest BCUT2D eigenvalue weighted by Gasteiger charge is 2.65. The van der Waals surface area contributed by atoms with Crippen molar-refractivity contribution in [2.24, 2.45) is 0 Å². The van der Waals surface area contributed by atoms with E-state index in [0.717, 1.165) is 20.8 Å². The van der Waals surface area contributed by atoms with Crippen LogP contribution in [0.25, 0.3) is 0 Å². The van der Waals surface area contributed by atoms with Crippen molar-refractivity contribution in [2.75, 3.05) is 59.5 Å². The van der Waals surface area contributed by atoms with Gasteiger partial charge < -0.3 is 255 Å². The van der Waals surface area contributed by atoms with E-state index >= 15 is 0 Å². The second kappa shape index (κ2) is 43.5. The maximum absolute atomic E-state index is 13.2. The van der Waals surface area contributed by atoms with Crippen LogP contribution in [0.3, 0.4) is 0 Å². The summed E-state index contributed by atoms with van der Waals surface area (Å²) in [6.07, 6.45) is -103. The molecule has 0 unspecified atom stereocenters. The van der Waals surface area contributed by atoms with E-state index in [4.69, 9.17) is 80.5 Å². The first-order chi connectivity index (χ1) is 57.9. The van der Waals surface area contributed by atoms with E-state index in [1.54, 1.807) is 0 Å². The minimum atomic E-state index is -3.35. The SMILES string of the molecule is CC(=O)N[C@H]1[C@H](O[C@H]2[C@@H](O)[C@@H](CO)O[C@@H](O[C@H]3[C@H](O)[C@@H](O)[C@H](O[C@H]4[C@H](O[C@H]5O[C@H]([C@@H](O)CO)[C@@H](O)[C@H](O)[C@@H]5O[C@H]5O[C@H](CO)[C@@H](O)[C@H](O)[C@H]5NC(C)=O)[C@H](O)[C@@H](O[C@H]5[C@@H]([C@H](O)CO)O[C@@](O)(C(=O)O)C[C@H]5O)O[C@@H]4[C@@H](O)CO)O[C@@H]3CO)[C@@H]2O)O[C@H](CO)[C@@H](O[C@@H]2O[C@H](CO)[C@H](O)[C@H](O[C@]3(C(=O)O)C[C@H](O)[C@@H](NC(C)=O)[C@H]([C@H](O)[C@H](O)CO)O3)[C@H]2O)[C@@H]1O. The molecule has 712 valence electrons.